The molecule has 2 atom stereocenters. The third-order valence-electron chi connectivity index (χ3n) is 3.20. The molecule has 0 aromatic rings. The van der Waals surface area contributed by atoms with Crippen LogP contribution < -0.4 is 10.6 Å². The molecule has 0 bridgehead atoms. The number of rotatable bonds is 5. The molecular weight excluding hydrogens is 212 g/mol. The second kappa shape index (κ2) is 6.39. The first-order chi connectivity index (χ1) is 7.87. The molecule has 1 heterocycles. The third kappa shape index (κ3) is 6.67. The van der Waals surface area contributed by atoms with Crippen LogP contribution in [-0.4, -0.2) is 25.0 Å². The van der Waals surface area contributed by atoms with Crippen molar-refractivity contribution in [2.45, 2.75) is 59.4 Å². The first-order valence-corrected chi connectivity index (χ1v) is 6.87. The first kappa shape index (κ1) is 14.5. The lowest BCUT2D eigenvalue weighted by molar-refractivity contribution is -0.122. The van der Waals surface area contributed by atoms with E-state index in [9.17, 15) is 4.79 Å². The van der Waals surface area contributed by atoms with Crippen LogP contribution >= 0.6 is 0 Å². The van der Waals surface area contributed by atoms with Crippen molar-refractivity contribution in [3.63, 3.8) is 0 Å². The fraction of sp³-hybridized carbons (Fsp3) is 0.929. The van der Waals surface area contributed by atoms with Gasteiger partial charge in [0.25, 0.3) is 0 Å². The van der Waals surface area contributed by atoms with E-state index in [0.717, 1.165) is 19.5 Å². The quantitative estimate of drug-likeness (QED) is 0.774. The first-order valence-electron chi connectivity index (χ1n) is 6.87. The maximum atomic E-state index is 11.8. The van der Waals surface area contributed by atoms with E-state index in [4.69, 9.17) is 0 Å². The van der Waals surface area contributed by atoms with Crippen molar-refractivity contribution in [1.82, 2.24) is 10.6 Å². The molecular formula is C14H28N2O. The van der Waals surface area contributed by atoms with Crippen molar-refractivity contribution in [2.75, 3.05) is 13.1 Å². The number of amides is 1. The largest absolute Gasteiger partial charge is 0.355 e. The van der Waals surface area contributed by atoms with Gasteiger partial charge in [0.1, 0.15) is 0 Å². The second-order valence-electron chi connectivity index (χ2n) is 6.67. The average Bonchev–Trinajstić information content (AvgIpc) is 2.63. The summed E-state index contributed by atoms with van der Waals surface area (Å²) in [5, 5.41) is 6.43. The zero-order valence-corrected chi connectivity index (χ0v) is 11.8. The molecule has 2 N–H and O–H groups in total. The van der Waals surface area contributed by atoms with E-state index in [1.807, 2.05) is 0 Å². The number of hydrogen-bond acceptors (Lipinski definition) is 2. The smallest absolute Gasteiger partial charge is 0.220 e. The van der Waals surface area contributed by atoms with Crippen molar-refractivity contribution in [1.29, 1.82) is 0 Å². The molecule has 1 rings (SSSR count). The molecule has 1 amide bonds. The Morgan fingerprint density at radius 3 is 2.71 bits per heavy atom. The van der Waals surface area contributed by atoms with Crippen molar-refractivity contribution < 1.29 is 4.79 Å². The molecule has 0 aromatic carbocycles. The van der Waals surface area contributed by atoms with E-state index in [1.54, 1.807) is 0 Å². The van der Waals surface area contributed by atoms with Crippen LogP contribution in [0.1, 0.15) is 53.4 Å². The summed E-state index contributed by atoms with van der Waals surface area (Å²) < 4.78 is 0. The normalized spacial score (nSPS) is 22.5. The number of carbonyl (C=O) groups is 1. The Morgan fingerprint density at radius 2 is 2.18 bits per heavy atom. The Morgan fingerprint density at radius 1 is 1.47 bits per heavy atom. The summed E-state index contributed by atoms with van der Waals surface area (Å²) in [7, 11) is 0. The van der Waals surface area contributed by atoms with Crippen LogP contribution in [0.5, 0.6) is 0 Å². The molecule has 2 unspecified atom stereocenters. The highest BCUT2D eigenvalue weighted by atomic mass is 16.1. The number of hydrogen-bond donors (Lipinski definition) is 2. The van der Waals surface area contributed by atoms with Crippen molar-refractivity contribution >= 4 is 5.91 Å². The standard InChI is InChI=1S/C14H28N2O/c1-11(9-14(2,3)4)8-13(17)16-10-12-6-5-7-15-12/h11-12,15H,5-10H2,1-4H3,(H,16,17). The summed E-state index contributed by atoms with van der Waals surface area (Å²) in [6.07, 6.45) is 4.19. The SMILES string of the molecule is CC(CC(=O)NCC1CCCN1)CC(C)(C)C. The summed E-state index contributed by atoms with van der Waals surface area (Å²) in [6.45, 7) is 10.7. The summed E-state index contributed by atoms with van der Waals surface area (Å²) in [5.74, 6) is 0.669. The highest BCUT2D eigenvalue weighted by Gasteiger charge is 2.19. The molecule has 1 aliphatic rings. The summed E-state index contributed by atoms with van der Waals surface area (Å²) in [6, 6.07) is 0.497. The minimum Gasteiger partial charge on any atom is -0.355 e. The van der Waals surface area contributed by atoms with Gasteiger partial charge in [-0.2, -0.15) is 0 Å². The Hall–Kier alpha value is -0.570. The van der Waals surface area contributed by atoms with Crippen molar-refractivity contribution in [3.8, 4) is 0 Å². The van der Waals surface area contributed by atoms with Crippen LogP contribution in [0.2, 0.25) is 0 Å². The third-order valence-corrected chi connectivity index (χ3v) is 3.20. The van der Waals surface area contributed by atoms with Crippen LogP contribution in [-0.2, 0) is 4.79 Å². The minimum atomic E-state index is 0.204. The average molecular weight is 240 g/mol. The minimum absolute atomic E-state index is 0.204. The lowest BCUT2D eigenvalue weighted by Gasteiger charge is -2.23. The van der Waals surface area contributed by atoms with Gasteiger partial charge in [-0.1, -0.05) is 27.7 Å². The van der Waals surface area contributed by atoms with Crippen LogP contribution in [0.4, 0.5) is 0 Å². The highest BCUT2D eigenvalue weighted by Crippen LogP contribution is 2.25. The molecule has 1 fully saturated rings. The monoisotopic (exact) mass is 240 g/mol. The molecule has 3 heteroatoms. The van der Waals surface area contributed by atoms with E-state index in [0.29, 0.717) is 23.8 Å². The van der Waals surface area contributed by atoms with Gasteiger partial charge in [0.2, 0.25) is 5.91 Å². The Kier molecular flexibility index (Phi) is 5.44. The summed E-state index contributed by atoms with van der Waals surface area (Å²) in [4.78, 5) is 11.8. The van der Waals surface area contributed by atoms with E-state index >= 15 is 0 Å². The summed E-state index contributed by atoms with van der Waals surface area (Å²) >= 11 is 0. The molecule has 0 aliphatic carbocycles. The highest BCUT2D eigenvalue weighted by molar-refractivity contribution is 5.76. The van der Waals surface area contributed by atoms with Crippen LogP contribution in [0.25, 0.3) is 0 Å². The van der Waals surface area contributed by atoms with Gasteiger partial charge in [-0.25, -0.2) is 0 Å². The number of nitrogens with one attached hydrogen (secondary N) is 2. The maximum absolute atomic E-state index is 11.8. The van der Waals surface area contributed by atoms with Gasteiger partial charge in [0.15, 0.2) is 0 Å². The fourth-order valence-corrected chi connectivity index (χ4v) is 2.67. The van der Waals surface area contributed by atoms with E-state index < -0.39 is 0 Å². The molecule has 0 spiro atoms. The predicted molar refractivity (Wildman–Crippen MR) is 71.9 cm³/mol. The topological polar surface area (TPSA) is 41.1 Å². The zero-order valence-electron chi connectivity index (χ0n) is 11.8. The molecule has 0 saturated carbocycles. The van der Waals surface area contributed by atoms with E-state index in [-0.39, 0.29) is 5.91 Å². The van der Waals surface area contributed by atoms with Gasteiger partial charge in [-0.3, -0.25) is 4.79 Å². The predicted octanol–water partition coefficient (Wildman–Crippen LogP) is 2.32. The van der Waals surface area contributed by atoms with Crippen molar-refractivity contribution in [3.05, 3.63) is 0 Å². The van der Waals surface area contributed by atoms with Crippen LogP contribution in [0, 0.1) is 11.3 Å². The molecule has 0 aromatic heterocycles. The van der Waals surface area contributed by atoms with Crippen LogP contribution in [0.15, 0.2) is 0 Å². The molecule has 0 radical (unpaired) electrons. The molecule has 17 heavy (non-hydrogen) atoms. The Labute approximate surface area is 106 Å². The van der Waals surface area contributed by atoms with Gasteiger partial charge < -0.3 is 10.6 Å². The van der Waals surface area contributed by atoms with Crippen molar-refractivity contribution in [2.24, 2.45) is 11.3 Å². The van der Waals surface area contributed by atoms with E-state index in [2.05, 4.69) is 38.3 Å². The fourth-order valence-electron chi connectivity index (χ4n) is 2.67. The molecule has 3 nitrogen and oxygen atoms in total. The van der Waals surface area contributed by atoms with Gasteiger partial charge in [0.05, 0.1) is 0 Å². The van der Waals surface area contributed by atoms with Gasteiger partial charge in [-0.15, -0.1) is 0 Å². The maximum Gasteiger partial charge on any atom is 0.220 e. The van der Waals surface area contributed by atoms with Gasteiger partial charge in [0, 0.05) is 19.0 Å². The lowest BCUT2D eigenvalue weighted by atomic mass is 9.84. The van der Waals surface area contributed by atoms with Gasteiger partial charge >= 0.3 is 0 Å². The zero-order chi connectivity index (χ0) is 12.9. The second-order valence-corrected chi connectivity index (χ2v) is 6.67. The molecule has 1 aliphatic heterocycles. The van der Waals surface area contributed by atoms with Gasteiger partial charge in [-0.05, 0) is 37.1 Å². The van der Waals surface area contributed by atoms with Crippen LogP contribution in [0.3, 0.4) is 0 Å². The number of carbonyl (C=O) groups excluding carboxylic acids is 1. The lowest BCUT2D eigenvalue weighted by Crippen LogP contribution is -2.37. The Balaban J connectivity index is 2.15. The summed E-state index contributed by atoms with van der Waals surface area (Å²) in [5.41, 5.74) is 0.312. The van der Waals surface area contributed by atoms with E-state index in [1.165, 1.54) is 12.8 Å². The Bertz CT molecular complexity index is 239. The molecule has 1 saturated heterocycles. The molecule has 100 valence electrons.